The zero-order chi connectivity index (χ0) is 14.0. The van der Waals surface area contributed by atoms with Gasteiger partial charge in [0.1, 0.15) is 0 Å². The van der Waals surface area contributed by atoms with E-state index in [4.69, 9.17) is 15.2 Å². The van der Waals surface area contributed by atoms with E-state index in [-0.39, 0.29) is 5.41 Å². The molecule has 5 heteroatoms. The zero-order valence-electron chi connectivity index (χ0n) is 11.9. The number of methoxy groups -OCH3 is 2. The maximum Gasteiger partial charge on any atom is 0.193 e. The van der Waals surface area contributed by atoms with Crippen LogP contribution in [-0.2, 0) is 0 Å². The van der Waals surface area contributed by atoms with Crippen LogP contribution in [0.4, 0.5) is 5.69 Å². The van der Waals surface area contributed by atoms with Gasteiger partial charge in [0.25, 0.3) is 0 Å². The van der Waals surface area contributed by atoms with Crippen molar-refractivity contribution in [3.63, 3.8) is 0 Å². The molecule has 0 radical (unpaired) electrons. The summed E-state index contributed by atoms with van der Waals surface area (Å²) in [6.07, 6.45) is 1.08. The maximum atomic E-state index is 5.90. The molecule has 0 unspecified atom stereocenters. The minimum Gasteiger partial charge on any atom is -0.493 e. The van der Waals surface area contributed by atoms with Crippen LogP contribution in [-0.4, -0.2) is 26.2 Å². The highest BCUT2D eigenvalue weighted by molar-refractivity contribution is 5.92. The number of benzene rings is 1. The number of rotatable bonds is 4. The first kappa shape index (κ1) is 13.5. The monoisotopic (exact) mass is 263 g/mol. The summed E-state index contributed by atoms with van der Waals surface area (Å²) < 4.78 is 10.4. The SMILES string of the molecule is COc1ccc(NC(N)=N[C@H]2CC2(C)C)cc1OC. The van der Waals surface area contributed by atoms with Gasteiger partial charge in [-0.15, -0.1) is 0 Å². The first-order valence-corrected chi connectivity index (χ1v) is 6.28. The van der Waals surface area contributed by atoms with Crippen LogP contribution in [0, 0.1) is 5.41 Å². The minimum absolute atomic E-state index is 0.282. The molecule has 0 spiro atoms. The van der Waals surface area contributed by atoms with E-state index in [2.05, 4.69) is 24.2 Å². The molecular formula is C14H21N3O2. The van der Waals surface area contributed by atoms with Gasteiger partial charge < -0.3 is 20.5 Å². The molecule has 0 amide bonds. The summed E-state index contributed by atoms with van der Waals surface area (Å²) in [6, 6.07) is 5.86. The van der Waals surface area contributed by atoms with E-state index in [9.17, 15) is 0 Å². The summed E-state index contributed by atoms with van der Waals surface area (Å²) >= 11 is 0. The highest BCUT2D eigenvalue weighted by atomic mass is 16.5. The molecule has 1 aliphatic rings. The van der Waals surface area contributed by atoms with Crippen molar-refractivity contribution < 1.29 is 9.47 Å². The van der Waals surface area contributed by atoms with Gasteiger partial charge in [-0.2, -0.15) is 0 Å². The van der Waals surface area contributed by atoms with E-state index < -0.39 is 0 Å². The van der Waals surface area contributed by atoms with E-state index >= 15 is 0 Å². The van der Waals surface area contributed by atoms with Crippen molar-refractivity contribution in [1.82, 2.24) is 0 Å². The van der Waals surface area contributed by atoms with Gasteiger partial charge in [-0.3, -0.25) is 0 Å². The normalized spacial score (nSPS) is 20.8. The van der Waals surface area contributed by atoms with Crippen molar-refractivity contribution in [3.8, 4) is 11.5 Å². The highest BCUT2D eigenvalue weighted by Crippen LogP contribution is 2.47. The Kier molecular flexibility index (Phi) is 3.55. The minimum atomic E-state index is 0.282. The number of nitrogens with two attached hydrogens (primary N) is 1. The van der Waals surface area contributed by atoms with Crippen LogP contribution < -0.4 is 20.5 Å². The molecule has 1 aliphatic carbocycles. The van der Waals surface area contributed by atoms with Crippen molar-refractivity contribution in [2.75, 3.05) is 19.5 Å². The first-order chi connectivity index (χ1) is 8.96. The van der Waals surface area contributed by atoms with E-state index in [1.807, 2.05) is 18.2 Å². The lowest BCUT2D eigenvalue weighted by atomic mass is 10.2. The summed E-state index contributed by atoms with van der Waals surface area (Å²) in [5, 5.41) is 3.07. The molecule has 1 aromatic carbocycles. The molecule has 19 heavy (non-hydrogen) atoms. The van der Waals surface area contributed by atoms with Crippen molar-refractivity contribution >= 4 is 11.6 Å². The van der Waals surface area contributed by atoms with E-state index in [1.54, 1.807) is 14.2 Å². The Hall–Kier alpha value is -1.91. The summed E-state index contributed by atoms with van der Waals surface area (Å²) in [6.45, 7) is 4.37. The standard InChI is InChI=1S/C14H21N3O2/c1-14(2)8-12(14)17-13(15)16-9-5-6-10(18-3)11(7-9)19-4/h5-7,12H,8H2,1-4H3,(H3,15,16,17)/t12-/m0/s1. The molecule has 1 fully saturated rings. The van der Waals surface area contributed by atoms with Crippen LogP contribution >= 0.6 is 0 Å². The second-order valence-electron chi connectivity index (χ2n) is 5.42. The van der Waals surface area contributed by atoms with Crippen LogP contribution in [0.15, 0.2) is 23.2 Å². The van der Waals surface area contributed by atoms with Gasteiger partial charge in [-0.05, 0) is 24.0 Å². The molecule has 0 aromatic heterocycles. The topological polar surface area (TPSA) is 68.9 Å². The molecule has 0 saturated heterocycles. The van der Waals surface area contributed by atoms with Crippen LogP contribution in [0.3, 0.4) is 0 Å². The lowest BCUT2D eigenvalue weighted by molar-refractivity contribution is 0.355. The molecule has 104 valence electrons. The zero-order valence-corrected chi connectivity index (χ0v) is 11.9. The van der Waals surface area contributed by atoms with Gasteiger partial charge in [-0.1, -0.05) is 13.8 Å². The Labute approximate surface area is 113 Å². The molecule has 5 nitrogen and oxygen atoms in total. The van der Waals surface area contributed by atoms with Crippen LogP contribution in [0.2, 0.25) is 0 Å². The number of ether oxygens (including phenoxy) is 2. The summed E-state index contributed by atoms with van der Waals surface area (Å²) in [7, 11) is 3.21. The first-order valence-electron chi connectivity index (χ1n) is 6.28. The third kappa shape index (κ3) is 3.10. The quantitative estimate of drug-likeness (QED) is 0.645. The van der Waals surface area contributed by atoms with Crippen molar-refractivity contribution in [2.24, 2.45) is 16.1 Å². The second-order valence-corrected chi connectivity index (χ2v) is 5.42. The van der Waals surface area contributed by atoms with Gasteiger partial charge in [0, 0.05) is 11.8 Å². The summed E-state index contributed by atoms with van der Waals surface area (Å²) in [5.41, 5.74) is 7.01. The predicted molar refractivity (Wildman–Crippen MR) is 77.0 cm³/mol. The molecule has 3 N–H and O–H groups in total. The van der Waals surface area contributed by atoms with Crippen LogP contribution in [0.25, 0.3) is 0 Å². The van der Waals surface area contributed by atoms with Gasteiger partial charge in [0.15, 0.2) is 17.5 Å². The number of nitrogens with one attached hydrogen (secondary N) is 1. The number of nitrogens with zero attached hydrogens (tertiary/aromatic N) is 1. The molecule has 1 saturated carbocycles. The fourth-order valence-corrected chi connectivity index (χ4v) is 1.92. The van der Waals surface area contributed by atoms with Crippen LogP contribution in [0.1, 0.15) is 20.3 Å². The lowest BCUT2D eigenvalue weighted by Gasteiger charge is -2.11. The summed E-state index contributed by atoms with van der Waals surface area (Å²) in [4.78, 5) is 4.45. The number of guanidine groups is 1. The molecule has 0 aliphatic heterocycles. The average Bonchev–Trinajstić information content (AvgIpc) is 2.95. The predicted octanol–water partition coefficient (Wildman–Crippen LogP) is 2.23. The van der Waals surface area contributed by atoms with Crippen LogP contribution in [0.5, 0.6) is 11.5 Å². The van der Waals surface area contributed by atoms with Gasteiger partial charge in [0.2, 0.25) is 0 Å². The smallest absolute Gasteiger partial charge is 0.193 e. The van der Waals surface area contributed by atoms with Crippen molar-refractivity contribution in [1.29, 1.82) is 0 Å². The molecule has 0 bridgehead atoms. The van der Waals surface area contributed by atoms with Gasteiger partial charge in [0.05, 0.1) is 20.3 Å². The number of aliphatic imine (C=N–C) groups is 1. The Morgan fingerprint density at radius 2 is 1.95 bits per heavy atom. The number of anilines is 1. The molecule has 1 aromatic rings. The van der Waals surface area contributed by atoms with Gasteiger partial charge >= 0.3 is 0 Å². The fraction of sp³-hybridized carbons (Fsp3) is 0.500. The fourth-order valence-electron chi connectivity index (χ4n) is 1.92. The maximum absolute atomic E-state index is 5.90. The van der Waals surface area contributed by atoms with Crippen molar-refractivity contribution in [3.05, 3.63) is 18.2 Å². The third-order valence-electron chi connectivity index (χ3n) is 3.41. The molecule has 2 rings (SSSR count). The van der Waals surface area contributed by atoms with E-state index in [0.717, 1.165) is 12.1 Å². The van der Waals surface area contributed by atoms with E-state index in [1.165, 1.54) is 0 Å². The molecular weight excluding hydrogens is 242 g/mol. The van der Waals surface area contributed by atoms with E-state index in [0.29, 0.717) is 23.5 Å². The highest BCUT2D eigenvalue weighted by Gasteiger charge is 2.45. The Balaban J connectivity index is 2.07. The molecule has 0 heterocycles. The third-order valence-corrected chi connectivity index (χ3v) is 3.41. The average molecular weight is 263 g/mol. The summed E-state index contributed by atoms with van der Waals surface area (Å²) in [5.74, 6) is 1.78. The number of hydrogen-bond donors (Lipinski definition) is 2. The largest absolute Gasteiger partial charge is 0.493 e. The second kappa shape index (κ2) is 4.99. The lowest BCUT2D eigenvalue weighted by Crippen LogP contribution is -2.23. The molecule has 1 atom stereocenters. The Morgan fingerprint density at radius 1 is 1.32 bits per heavy atom. The van der Waals surface area contributed by atoms with Crippen molar-refractivity contribution in [2.45, 2.75) is 26.3 Å². The number of hydrogen-bond acceptors (Lipinski definition) is 3. The van der Waals surface area contributed by atoms with Gasteiger partial charge in [-0.25, -0.2) is 4.99 Å². The Bertz CT molecular complexity index is 497. The Morgan fingerprint density at radius 3 is 2.47 bits per heavy atom.